The number of anilines is 1. The molecule has 4 aromatic rings. The van der Waals surface area contributed by atoms with Gasteiger partial charge in [-0.25, -0.2) is 5.10 Å². The predicted octanol–water partition coefficient (Wildman–Crippen LogP) is 3.65. The number of hydrogen-bond acceptors (Lipinski definition) is 5. The maximum atomic E-state index is 12.8. The molecule has 7 nitrogen and oxygen atoms in total. The summed E-state index contributed by atoms with van der Waals surface area (Å²) in [5.74, 6) is -0.324. The van der Waals surface area contributed by atoms with Crippen LogP contribution < -0.4 is 10.9 Å². The van der Waals surface area contributed by atoms with Crippen LogP contribution in [0.25, 0.3) is 22.5 Å². The molecule has 0 aliphatic rings. The zero-order valence-electron chi connectivity index (χ0n) is 15.0. The highest BCUT2D eigenvalue weighted by Crippen LogP contribution is 2.26. The highest BCUT2D eigenvalue weighted by atomic mass is 16.5. The van der Waals surface area contributed by atoms with Gasteiger partial charge in [-0.05, 0) is 24.6 Å². The average molecular weight is 372 g/mol. The maximum Gasteiger partial charge on any atom is 0.264 e. The molecule has 0 saturated heterocycles. The van der Waals surface area contributed by atoms with Crippen LogP contribution >= 0.6 is 0 Å². The number of nitrogens with zero attached hydrogens (tertiary/aromatic N) is 2. The number of aromatic amines is 1. The van der Waals surface area contributed by atoms with E-state index in [-0.39, 0.29) is 11.5 Å². The Morgan fingerprint density at radius 2 is 1.86 bits per heavy atom. The molecule has 28 heavy (non-hydrogen) atoms. The number of aromatic nitrogens is 3. The summed E-state index contributed by atoms with van der Waals surface area (Å²) in [4.78, 5) is 24.0. The third-order valence-corrected chi connectivity index (χ3v) is 4.32. The van der Waals surface area contributed by atoms with Crippen LogP contribution in [0.4, 0.5) is 5.69 Å². The maximum absolute atomic E-state index is 12.8. The second-order valence-electron chi connectivity index (χ2n) is 6.23. The summed E-state index contributed by atoms with van der Waals surface area (Å²) in [7, 11) is 0. The minimum Gasteiger partial charge on any atom is -0.363 e. The monoisotopic (exact) mass is 372 g/mol. The summed E-state index contributed by atoms with van der Waals surface area (Å²) < 4.78 is 5.04. The van der Waals surface area contributed by atoms with Crippen molar-refractivity contribution in [2.75, 3.05) is 5.32 Å². The van der Waals surface area contributed by atoms with Crippen LogP contribution in [0.2, 0.25) is 0 Å². The van der Waals surface area contributed by atoms with Crippen molar-refractivity contribution in [1.82, 2.24) is 15.4 Å². The number of H-pyrrole nitrogens is 1. The van der Waals surface area contributed by atoms with E-state index in [1.807, 2.05) is 55.5 Å². The molecule has 0 radical (unpaired) electrons. The van der Waals surface area contributed by atoms with Crippen LogP contribution in [0, 0.1) is 6.92 Å². The number of carbonyl (C=O) groups excluding carboxylic acids is 1. The number of benzene rings is 2. The SMILES string of the molecule is Cc1ccc(-c2ccc(=O)[nH]n2)cc1NC(=O)c1conc1-c1ccccc1. The van der Waals surface area contributed by atoms with Gasteiger partial charge in [-0.1, -0.05) is 47.6 Å². The van der Waals surface area contributed by atoms with Crippen LogP contribution in [0.1, 0.15) is 15.9 Å². The van der Waals surface area contributed by atoms with Gasteiger partial charge >= 0.3 is 0 Å². The van der Waals surface area contributed by atoms with E-state index in [0.29, 0.717) is 22.6 Å². The Hall–Kier alpha value is -4.00. The minimum absolute atomic E-state index is 0.273. The second-order valence-corrected chi connectivity index (χ2v) is 6.23. The molecule has 0 unspecified atom stereocenters. The normalized spacial score (nSPS) is 10.6. The van der Waals surface area contributed by atoms with Gasteiger partial charge in [0.1, 0.15) is 17.5 Å². The van der Waals surface area contributed by atoms with Crippen molar-refractivity contribution in [2.45, 2.75) is 6.92 Å². The van der Waals surface area contributed by atoms with Gasteiger partial charge in [-0.2, -0.15) is 5.10 Å². The van der Waals surface area contributed by atoms with Crippen LogP contribution in [0.5, 0.6) is 0 Å². The third-order valence-electron chi connectivity index (χ3n) is 4.32. The van der Waals surface area contributed by atoms with Crippen molar-refractivity contribution in [3.05, 3.63) is 88.4 Å². The van der Waals surface area contributed by atoms with E-state index < -0.39 is 0 Å². The van der Waals surface area contributed by atoms with Gasteiger partial charge in [0.15, 0.2) is 0 Å². The molecule has 0 saturated carbocycles. The largest absolute Gasteiger partial charge is 0.363 e. The van der Waals surface area contributed by atoms with E-state index in [4.69, 9.17) is 4.52 Å². The molecule has 4 rings (SSSR count). The van der Waals surface area contributed by atoms with Gasteiger partial charge in [0, 0.05) is 22.9 Å². The first-order valence-corrected chi connectivity index (χ1v) is 8.60. The quantitative estimate of drug-likeness (QED) is 0.569. The molecule has 2 N–H and O–H groups in total. The zero-order chi connectivity index (χ0) is 19.5. The fraction of sp³-hybridized carbons (Fsp3) is 0.0476. The highest BCUT2D eigenvalue weighted by molar-refractivity contribution is 6.08. The molecule has 0 aliphatic carbocycles. The molecule has 1 amide bonds. The van der Waals surface area contributed by atoms with E-state index in [1.165, 1.54) is 12.3 Å². The first-order valence-electron chi connectivity index (χ1n) is 8.60. The number of hydrogen-bond donors (Lipinski definition) is 2. The minimum atomic E-state index is -0.324. The predicted molar refractivity (Wildman–Crippen MR) is 105 cm³/mol. The van der Waals surface area contributed by atoms with E-state index in [9.17, 15) is 9.59 Å². The lowest BCUT2D eigenvalue weighted by Gasteiger charge is -2.10. The molecular weight excluding hydrogens is 356 g/mol. The lowest BCUT2D eigenvalue weighted by molar-refractivity contribution is 0.102. The van der Waals surface area contributed by atoms with Crippen LogP contribution in [-0.4, -0.2) is 21.3 Å². The van der Waals surface area contributed by atoms with Gasteiger partial charge in [0.2, 0.25) is 0 Å². The van der Waals surface area contributed by atoms with Gasteiger partial charge in [0.05, 0.1) is 5.69 Å². The standard InChI is InChI=1S/C21H16N4O3/c1-13-7-8-15(17-9-10-19(26)24-23-17)11-18(13)22-21(27)16-12-28-25-20(16)14-5-3-2-4-6-14/h2-12H,1H3,(H,22,27)(H,24,26). The number of amides is 1. The smallest absolute Gasteiger partial charge is 0.264 e. The van der Waals surface area contributed by atoms with Crippen molar-refractivity contribution < 1.29 is 9.32 Å². The van der Waals surface area contributed by atoms with Crippen LogP contribution in [-0.2, 0) is 0 Å². The highest BCUT2D eigenvalue weighted by Gasteiger charge is 2.18. The number of carbonyl (C=O) groups is 1. The van der Waals surface area contributed by atoms with Crippen LogP contribution in [0.3, 0.4) is 0 Å². The van der Waals surface area contributed by atoms with E-state index in [0.717, 1.165) is 16.7 Å². The summed E-state index contributed by atoms with van der Waals surface area (Å²) >= 11 is 0. The Morgan fingerprint density at radius 1 is 1.04 bits per heavy atom. The summed E-state index contributed by atoms with van der Waals surface area (Å²) in [5.41, 5.74) is 4.24. The van der Waals surface area contributed by atoms with Gasteiger partial charge < -0.3 is 9.84 Å². The molecule has 0 atom stereocenters. The van der Waals surface area contributed by atoms with E-state index >= 15 is 0 Å². The molecule has 2 heterocycles. The van der Waals surface area contributed by atoms with Gasteiger partial charge in [-0.3, -0.25) is 9.59 Å². The van der Waals surface area contributed by atoms with Crippen molar-refractivity contribution in [3.63, 3.8) is 0 Å². The number of nitrogens with one attached hydrogen (secondary N) is 2. The zero-order valence-corrected chi connectivity index (χ0v) is 15.0. The Kier molecular flexibility index (Phi) is 4.55. The van der Waals surface area contributed by atoms with E-state index in [2.05, 4.69) is 20.7 Å². The van der Waals surface area contributed by atoms with Gasteiger partial charge in [-0.15, -0.1) is 0 Å². The topological polar surface area (TPSA) is 101 Å². The number of aryl methyl sites for hydroxylation is 1. The van der Waals surface area contributed by atoms with Gasteiger partial charge in [0.25, 0.3) is 11.5 Å². The molecule has 138 valence electrons. The Bertz CT molecular complexity index is 1180. The van der Waals surface area contributed by atoms with Crippen molar-refractivity contribution >= 4 is 11.6 Å². The molecule has 0 fully saturated rings. The number of rotatable bonds is 4. The molecule has 0 spiro atoms. The van der Waals surface area contributed by atoms with Crippen molar-refractivity contribution in [1.29, 1.82) is 0 Å². The first kappa shape index (κ1) is 17.4. The summed E-state index contributed by atoms with van der Waals surface area (Å²) in [6.07, 6.45) is 1.33. The van der Waals surface area contributed by atoms with Crippen LogP contribution in [0.15, 0.2) is 76.2 Å². The molecule has 2 aromatic heterocycles. The first-order chi connectivity index (χ1) is 13.6. The van der Waals surface area contributed by atoms with Crippen molar-refractivity contribution in [2.24, 2.45) is 0 Å². The fourth-order valence-corrected chi connectivity index (χ4v) is 2.81. The average Bonchev–Trinajstić information content (AvgIpc) is 3.21. The summed E-state index contributed by atoms with van der Waals surface area (Å²) in [6, 6.07) is 18.0. The summed E-state index contributed by atoms with van der Waals surface area (Å²) in [5, 5.41) is 13.3. The molecule has 2 aromatic carbocycles. The molecule has 0 aliphatic heterocycles. The molecule has 7 heteroatoms. The second kappa shape index (κ2) is 7.32. The molecule has 0 bridgehead atoms. The lowest BCUT2D eigenvalue weighted by atomic mass is 10.1. The molecular formula is C21H16N4O3. The van der Waals surface area contributed by atoms with E-state index in [1.54, 1.807) is 6.07 Å². The Labute approximate surface area is 160 Å². The van der Waals surface area contributed by atoms with Crippen molar-refractivity contribution in [3.8, 4) is 22.5 Å². The Balaban J connectivity index is 1.64. The summed E-state index contributed by atoms with van der Waals surface area (Å²) in [6.45, 7) is 1.89. The third kappa shape index (κ3) is 3.45. The fourth-order valence-electron chi connectivity index (χ4n) is 2.81. The lowest BCUT2D eigenvalue weighted by Crippen LogP contribution is -2.13. The Morgan fingerprint density at radius 3 is 2.61 bits per heavy atom.